The van der Waals surface area contributed by atoms with Crippen molar-refractivity contribution in [2.24, 2.45) is 10.9 Å². The van der Waals surface area contributed by atoms with Crippen molar-refractivity contribution in [2.45, 2.75) is 5.37 Å². The Morgan fingerprint density at radius 2 is 2.55 bits per heavy atom. The molecule has 0 aromatic heterocycles. The van der Waals surface area contributed by atoms with Gasteiger partial charge < -0.3 is 4.90 Å². The minimum atomic E-state index is -0.0185. The van der Waals surface area contributed by atoms with E-state index in [2.05, 4.69) is 4.99 Å². The normalized spacial score (nSPS) is 34.6. The quantitative estimate of drug-likeness (QED) is 0.533. The summed E-state index contributed by atoms with van der Waals surface area (Å²) in [7, 11) is 1.74. The maximum absolute atomic E-state index is 11.4. The van der Waals surface area contributed by atoms with Crippen molar-refractivity contribution >= 4 is 24.0 Å². The van der Waals surface area contributed by atoms with Gasteiger partial charge in [-0.1, -0.05) is 6.08 Å². The Morgan fingerprint density at radius 1 is 1.73 bits per heavy atom. The van der Waals surface area contributed by atoms with E-state index in [0.717, 1.165) is 0 Å². The zero-order valence-electron chi connectivity index (χ0n) is 6.10. The average molecular weight is 168 g/mol. The summed E-state index contributed by atoms with van der Waals surface area (Å²) in [5, 5.41) is 2.06. The van der Waals surface area contributed by atoms with Crippen LogP contribution < -0.4 is 0 Å². The van der Waals surface area contributed by atoms with Gasteiger partial charge in [0.05, 0.1) is 12.3 Å². The molecule has 0 spiro atoms. The zero-order valence-corrected chi connectivity index (χ0v) is 6.91. The fourth-order valence-corrected chi connectivity index (χ4v) is 2.10. The van der Waals surface area contributed by atoms with E-state index in [1.54, 1.807) is 25.1 Å². The smallest absolute Gasteiger partial charge is 0.237 e. The van der Waals surface area contributed by atoms with Crippen LogP contribution in [0.3, 0.4) is 0 Å². The molecular weight excluding hydrogens is 160 g/mol. The Labute approximate surface area is 69.2 Å². The lowest BCUT2D eigenvalue weighted by Crippen LogP contribution is -2.38. The van der Waals surface area contributed by atoms with Crippen LogP contribution >= 0.6 is 11.8 Å². The predicted octanol–water partition coefficient (Wildman–Crippen LogP) is 0.689. The molecule has 58 valence electrons. The Hall–Kier alpha value is -0.770. The van der Waals surface area contributed by atoms with E-state index in [4.69, 9.17) is 0 Å². The van der Waals surface area contributed by atoms with Gasteiger partial charge in [-0.25, -0.2) is 0 Å². The minimum Gasteiger partial charge on any atom is -0.306 e. The number of aliphatic imine (C=N–C) groups is 1. The molecule has 0 aromatic carbocycles. The Bertz CT molecular complexity index is 249. The second kappa shape index (κ2) is 2.37. The van der Waals surface area contributed by atoms with Crippen molar-refractivity contribution in [1.82, 2.24) is 4.90 Å². The van der Waals surface area contributed by atoms with E-state index < -0.39 is 0 Å². The fourth-order valence-electron chi connectivity index (χ4n) is 1.18. The third kappa shape index (κ3) is 0.976. The Balaban J connectivity index is 2.30. The van der Waals surface area contributed by atoms with Crippen LogP contribution in [-0.2, 0) is 4.79 Å². The number of carbonyl (C=O) groups excluding carboxylic acids is 1. The summed E-state index contributed by atoms with van der Waals surface area (Å²) >= 11 is 1.61. The average Bonchev–Trinajstić information content (AvgIpc) is 2.45. The standard InChI is InChI=1S/C7H8N2OS/c1-9-4-8-6-5(7(9)10)2-3-11-6/h2-6H,1H3. The number of rotatable bonds is 0. The summed E-state index contributed by atoms with van der Waals surface area (Å²) in [5.41, 5.74) is 0. The molecular formula is C7H8N2OS. The molecule has 2 atom stereocenters. The summed E-state index contributed by atoms with van der Waals surface area (Å²) in [6, 6.07) is 0. The first-order valence-electron chi connectivity index (χ1n) is 3.41. The molecule has 0 N–H and O–H groups in total. The van der Waals surface area contributed by atoms with Crippen LogP contribution in [0.5, 0.6) is 0 Å². The van der Waals surface area contributed by atoms with E-state index in [9.17, 15) is 4.79 Å². The first-order chi connectivity index (χ1) is 5.29. The maximum Gasteiger partial charge on any atom is 0.237 e. The van der Waals surface area contributed by atoms with Crippen LogP contribution in [0.15, 0.2) is 16.5 Å². The van der Waals surface area contributed by atoms with E-state index in [1.807, 2.05) is 11.5 Å². The highest BCUT2D eigenvalue weighted by Crippen LogP contribution is 2.33. The molecule has 1 amide bonds. The van der Waals surface area contributed by atoms with Crippen molar-refractivity contribution in [3.63, 3.8) is 0 Å². The topological polar surface area (TPSA) is 32.7 Å². The van der Waals surface area contributed by atoms with Gasteiger partial charge >= 0.3 is 0 Å². The molecule has 0 aliphatic carbocycles. The first-order valence-corrected chi connectivity index (χ1v) is 4.35. The largest absolute Gasteiger partial charge is 0.306 e. The van der Waals surface area contributed by atoms with Crippen molar-refractivity contribution < 1.29 is 4.79 Å². The third-order valence-electron chi connectivity index (χ3n) is 1.83. The number of fused-ring (bicyclic) bond motifs is 1. The first kappa shape index (κ1) is 6.91. The van der Waals surface area contributed by atoms with Gasteiger partial charge in [-0.2, -0.15) is 0 Å². The second-order valence-corrected chi connectivity index (χ2v) is 3.62. The van der Waals surface area contributed by atoms with Crippen LogP contribution in [0.25, 0.3) is 0 Å². The van der Waals surface area contributed by atoms with Gasteiger partial charge in [-0.15, -0.1) is 11.8 Å². The van der Waals surface area contributed by atoms with E-state index >= 15 is 0 Å². The SMILES string of the molecule is CN1C=NC2SC=CC2C1=O. The molecule has 4 heteroatoms. The monoisotopic (exact) mass is 168 g/mol. The molecule has 2 aliphatic heterocycles. The summed E-state index contributed by atoms with van der Waals surface area (Å²) < 4.78 is 0. The highest BCUT2D eigenvalue weighted by Gasteiger charge is 2.33. The summed E-state index contributed by atoms with van der Waals surface area (Å²) in [4.78, 5) is 17.1. The molecule has 11 heavy (non-hydrogen) atoms. The van der Waals surface area contributed by atoms with E-state index in [0.29, 0.717) is 0 Å². The van der Waals surface area contributed by atoms with Crippen LogP contribution in [0.2, 0.25) is 0 Å². The number of hydrogen-bond donors (Lipinski definition) is 0. The highest BCUT2D eigenvalue weighted by atomic mass is 32.2. The Kier molecular flexibility index (Phi) is 1.49. The summed E-state index contributed by atoms with van der Waals surface area (Å²) in [6.07, 6.45) is 3.52. The van der Waals surface area contributed by atoms with E-state index in [-0.39, 0.29) is 17.2 Å². The van der Waals surface area contributed by atoms with Crippen molar-refractivity contribution in [2.75, 3.05) is 7.05 Å². The van der Waals surface area contributed by atoms with E-state index in [1.165, 1.54) is 4.90 Å². The summed E-state index contributed by atoms with van der Waals surface area (Å²) in [5.74, 6) is 0.126. The maximum atomic E-state index is 11.4. The second-order valence-electron chi connectivity index (χ2n) is 2.59. The number of nitrogens with zero attached hydrogens (tertiary/aromatic N) is 2. The van der Waals surface area contributed by atoms with Gasteiger partial charge in [0, 0.05) is 7.05 Å². The van der Waals surface area contributed by atoms with Gasteiger partial charge in [0.15, 0.2) is 0 Å². The molecule has 0 bridgehead atoms. The van der Waals surface area contributed by atoms with Crippen molar-refractivity contribution in [1.29, 1.82) is 0 Å². The molecule has 2 rings (SSSR count). The molecule has 3 nitrogen and oxygen atoms in total. The molecule has 0 fully saturated rings. The predicted molar refractivity (Wildman–Crippen MR) is 45.3 cm³/mol. The van der Waals surface area contributed by atoms with Gasteiger partial charge in [0.25, 0.3) is 0 Å². The molecule has 0 saturated heterocycles. The minimum absolute atomic E-state index is 0.0185. The fraction of sp³-hybridized carbons (Fsp3) is 0.429. The molecule has 0 saturated carbocycles. The molecule has 0 radical (unpaired) electrons. The number of amides is 1. The van der Waals surface area contributed by atoms with Crippen LogP contribution in [-0.4, -0.2) is 29.6 Å². The lowest BCUT2D eigenvalue weighted by atomic mass is 10.1. The third-order valence-corrected chi connectivity index (χ3v) is 2.84. The molecule has 2 aliphatic rings. The number of hydrogen-bond acceptors (Lipinski definition) is 3. The van der Waals surface area contributed by atoms with Crippen LogP contribution in [0.1, 0.15) is 0 Å². The van der Waals surface area contributed by atoms with Gasteiger partial charge in [-0.3, -0.25) is 9.79 Å². The summed E-state index contributed by atoms with van der Waals surface area (Å²) in [6.45, 7) is 0. The van der Waals surface area contributed by atoms with Crippen LogP contribution in [0, 0.1) is 5.92 Å². The van der Waals surface area contributed by atoms with Gasteiger partial charge in [0.2, 0.25) is 5.91 Å². The van der Waals surface area contributed by atoms with Gasteiger partial charge in [-0.05, 0) is 5.41 Å². The molecule has 2 unspecified atom stereocenters. The van der Waals surface area contributed by atoms with Gasteiger partial charge in [0.1, 0.15) is 5.37 Å². The zero-order chi connectivity index (χ0) is 7.84. The number of thioether (sulfide) groups is 1. The highest BCUT2D eigenvalue weighted by molar-refractivity contribution is 8.03. The molecule has 0 aromatic rings. The Morgan fingerprint density at radius 3 is 3.36 bits per heavy atom. The van der Waals surface area contributed by atoms with Crippen molar-refractivity contribution in [3.8, 4) is 0 Å². The number of carbonyl (C=O) groups is 1. The van der Waals surface area contributed by atoms with Crippen LogP contribution in [0.4, 0.5) is 0 Å². The van der Waals surface area contributed by atoms with Crippen molar-refractivity contribution in [3.05, 3.63) is 11.5 Å². The lowest BCUT2D eigenvalue weighted by molar-refractivity contribution is -0.129. The molecule has 2 heterocycles. The lowest BCUT2D eigenvalue weighted by Gasteiger charge is -2.23.